The van der Waals surface area contributed by atoms with Crippen molar-refractivity contribution in [1.82, 2.24) is 5.32 Å². The van der Waals surface area contributed by atoms with E-state index in [-0.39, 0.29) is 0 Å². The Balaban J connectivity index is 3.08. The topological polar surface area (TPSA) is 38.0 Å². The molecule has 0 heterocycles. The Bertz CT molecular complexity index is 91.8. The van der Waals surface area contributed by atoms with Gasteiger partial charge in [-0.3, -0.25) is 0 Å². The molecule has 2 heteroatoms. The molecule has 0 aromatic heterocycles. The molecule has 3 N–H and O–H groups in total. The van der Waals surface area contributed by atoms with E-state index in [2.05, 4.69) is 26.1 Å². The van der Waals surface area contributed by atoms with Crippen molar-refractivity contribution < 1.29 is 0 Å². The van der Waals surface area contributed by atoms with Crippen molar-refractivity contribution in [3.63, 3.8) is 0 Å². The van der Waals surface area contributed by atoms with Crippen molar-refractivity contribution in [3.05, 3.63) is 0 Å². The van der Waals surface area contributed by atoms with Gasteiger partial charge in [-0.15, -0.1) is 0 Å². The summed E-state index contributed by atoms with van der Waals surface area (Å²) >= 11 is 0. The largest absolute Gasteiger partial charge is 0.328 e. The molecule has 12 heavy (non-hydrogen) atoms. The summed E-state index contributed by atoms with van der Waals surface area (Å²) in [5.74, 6) is 0.743. The van der Waals surface area contributed by atoms with Crippen molar-refractivity contribution in [2.75, 3.05) is 13.1 Å². The van der Waals surface area contributed by atoms with E-state index in [9.17, 15) is 0 Å². The highest BCUT2D eigenvalue weighted by Crippen LogP contribution is 1.97. The number of nitrogens with one attached hydrogen (secondary N) is 1. The van der Waals surface area contributed by atoms with Gasteiger partial charge in [0.1, 0.15) is 0 Å². The van der Waals surface area contributed by atoms with E-state index < -0.39 is 0 Å². The van der Waals surface area contributed by atoms with E-state index in [1.807, 2.05) is 0 Å². The number of hydrogen-bond donors (Lipinski definition) is 2. The van der Waals surface area contributed by atoms with Crippen molar-refractivity contribution in [3.8, 4) is 0 Å². The third kappa shape index (κ3) is 8.02. The molecule has 0 rings (SSSR count). The van der Waals surface area contributed by atoms with Crippen molar-refractivity contribution >= 4 is 0 Å². The van der Waals surface area contributed by atoms with Gasteiger partial charge in [0.15, 0.2) is 0 Å². The Hall–Kier alpha value is -0.0800. The second kappa shape index (κ2) is 7.56. The lowest BCUT2D eigenvalue weighted by Gasteiger charge is -2.11. The summed E-state index contributed by atoms with van der Waals surface area (Å²) in [6.07, 6.45) is 3.47. The van der Waals surface area contributed by atoms with Crippen LogP contribution < -0.4 is 11.1 Å². The summed E-state index contributed by atoms with van der Waals surface area (Å²) < 4.78 is 0. The Morgan fingerprint density at radius 1 is 1.25 bits per heavy atom. The van der Waals surface area contributed by atoms with Gasteiger partial charge in [-0.2, -0.15) is 0 Å². The summed E-state index contributed by atoms with van der Waals surface area (Å²) in [5.41, 5.74) is 5.86. The van der Waals surface area contributed by atoms with Gasteiger partial charge < -0.3 is 11.1 Å². The first-order valence-electron chi connectivity index (χ1n) is 5.13. The monoisotopic (exact) mass is 172 g/mol. The smallest absolute Gasteiger partial charge is 0.00508 e. The van der Waals surface area contributed by atoms with Crippen LogP contribution in [0.3, 0.4) is 0 Å². The Labute approximate surface area is 76.9 Å². The minimum absolute atomic E-state index is 0.398. The lowest BCUT2D eigenvalue weighted by Crippen LogP contribution is -2.28. The molecule has 0 aromatic carbocycles. The molecule has 1 unspecified atom stereocenters. The normalized spacial score (nSPS) is 13.8. The molecule has 0 aliphatic heterocycles. The van der Waals surface area contributed by atoms with E-state index in [1.54, 1.807) is 0 Å². The third-order valence-corrected chi connectivity index (χ3v) is 1.90. The Morgan fingerprint density at radius 3 is 2.42 bits per heavy atom. The summed E-state index contributed by atoms with van der Waals surface area (Å²) in [6.45, 7) is 8.80. The maximum absolute atomic E-state index is 5.86. The predicted octanol–water partition coefficient (Wildman–Crippen LogP) is 1.75. The molecule has 0 spiro atoms. The van der Waals surface area contributed by atoms with Crippen molar-refractivity contribution in [2.24, 2.45) is 11.7 Å². The molecule has 1 atom stereocenters. The second-order valence-electron chi connectivity index (χ2n) is 3.94. The summed E-state index contributed by atoms with van der Waals surface area (Å²) in [5, 5.41) is 3.39. The van der Waals surface area contributed by atoms with Gasteiger partial charge in [0, 0.05) is 6.04 Å². The molecule has 74 valence electrons. The summed E-state index contributed by atoms with van der Waals surface area (Å²) in [7, 11) is 0. The highest BCUT2D eigenvalue weighted by Gasteiger charge is 1.99. The minimum Gasteiger partial charge on any atom is -0.328 e. The maximum atomic E-state index is 5.86. The molecule has 0 aliphatic carbocycles. The summed E-state index contributed by atoms with van der Waals surface area (Å²) in [4.78, 5) is 0. The highest BCUT2D eigenvalue weighted by molar-refractivity contribution is 4.62. The molecule has 0 saturated carbocycles. The van der Waals surface area contributed by atoms with Gasteiger partial charge in [-0.05, 0) is 31.8 Å². The first-order chi connectivity index (χ1) is 5.66. The van der Waals surface area contributed by atoms with E-state index in [1.165, 1.54) is 6.42 Å². The average molecular weight is 172 g/mol. The van der Waals surface area contributed by atoms with Crippen LogP contribution in [0.2, 0.25) is 0 Å². The zero-order valence-corrected chi connectivity index (χ0v) is 8.77. The Morgan fingerprint density at radius 2 is 1.92 bits per heavy atom. The second-order valence-corrected chi connectivity index (χ2v) is 3.94. The third-order valence-electron chi connectivity index (χ3n) is 1.90. The number of hydrogen-bond acceptors (Lipinski definition) is 2. The van der Waals surface area contributed by atoms with Gasteiger partial charge in [0.05, 0.1) is 0 Å². The Kier molecular flexibility index (Phi) is 7.51. The molecule has 0 radical (unpaired) electrons. The molecular weight excluding hydrogens is 148 g/mol. The molecule has 0 saturated heterocycles. The molecule has 0 fully saturated rings. The van der Waals surface area contributed by atoms with Crippen LogP contribution in [0.1, 0.15) is 40.0 Å². The lowest BCUT2D eigenvalue weighted by molar-refractivity contribution is 0.495. The van der Waals surface area contributed by atoms with Crippen LogP contribution >= 0.6 is 0 Å². The fourth-order valence-electron chi connectivity index (χ4n) is 1.19. The average Bonchev–Trinajstić information content (AvgIpc) is 1.98. The van der Waals surface area contributed by atoms with E-state index in [4.69, 9.17) is 5.73 Å². The fourth-order valence-corrected chi connectivity index (χ4v) is 1.19. The first kappa shape index (κ1) is 11.9. The van der Waals surface area contributed by atoms with Crippen LogP contribution in [0.4, 0.5) is 0 Å². The molecular formula is C10H24N2. The quantitative estimate of drug-likeness (QED) is 0.574. The van der Waals surface area contributed by atoms with Gasteiger partial charge in [-0.25, -0.2) is 0 Å². The van der Waals surface area contributed by atoms with Crippen LogP contribution in [0, 0.1) is 5.92 Å². The molecule has 2 nitrogen and oxygen atoms in total. The zero-order valence-electron chi connectivity index (χ0n) is 8.77. The first-order valence-corrected chi connectivity index (χ1v) is 5.13. The van der Waals surface area contributed by atoms with Crippen LogP contribution in [0.15, 0.2) is 0 Å². The predicted molar refractivity (Wildman–Crippen MR) is 55.2 cm³/mol. The van der Waals surface area contributed by atoms with Gasteiger partial charge >= 0.3 is 0 Å². The molecule has 0 aliphatic rings. The van der Waals surface area contributed by atoms with E-state index >= 15 is 0 Å². The van der Waals surface area contributed by atoms with Crippen LogP contribution in [-0.2, 0) is 0 Å². The van der Waals surface area contributed by atoms with Gasteiger partial charge in [-0.1, -0.05) is 27.2 Å². The van der Waals surface area contributed by atoms with Gasteiger partial charge in [0.25, 0.3) is 0 Å². The van der Waals surface area contributed by atoms with E-state index in [0.29, 0.717) is 6.04 Å². The maximum Gasteiger partial charge on any atom is 0.00508 e. The number of nitrogens with two attached hydrogens (primary N) is 1. The van der Waals surface area contributed by atoms with Crippen LogP contribution in [-0.4, -0.2) is 19.1 Å². The lowest BCUT2D eigenvalue weighted by atomic mass is 10.1. The van der Waals surface area contributed by atoms with Crippen molar-refractivity contribution in [2.45, 2.75) is 46.1 Å². The summed E-state index contributed by atoms with van der Waals surface area (Å²) in [6, 6.07) is 0.398. The zero-order chi connectivity index (χ0) is 9.40. The highest BCUT2D eigenvalue weighted by atomic mass is 14.9. The minimum atomic E-state index is 0.398. The van der Waals surface area contributed by atoms with E-state index in [0.717, 1.165) is 31.8 Å². The van der Waals surface area contributed by atoms with Crippen molar-refractivity contribution in [1.29, 1.82) is 0 Å². The molecule has 0 aromatic rings. The SMILES string of the molecule is CCCC(N)CCNCC(C)C. The van der Waals surface area contributed by atoms with Gasteiger partial charge in [0.2, 0.25) is 0 Å². The standard InChI is InChI=1S/C10H24N2/c1-4-5-10(11)6-7-12-8-9(2)3/h9-10,12H,4-8,11H2,1-3H3. The number of rotatable bonds is 7. The molecule has 0 amide bonds. The molecule has 0 bridgehead atoms. The van der Waals surface area contributed by atoms with Crippen LogP contribution in [0.5, 0.6) is 0 Å². The fraction of sp³-hybridized carbons (Fsp3) is 1.00. The van der Waals surface area contributed by atoms with Crippen LogP contribution in [0.25, 0.3) is 0 Å².